The maximum atomic E-state index is 12.6. The Kier molecular flexibility index (Phi) is 5.04. The average Bonchev–Trinajstić information content (AvgIpc) is 3.06. The second-order valence-electron chi connectivity index (χ2n) is 6.13. The van der Waals surface area contributed by atoms with E-state index in [0.717, 1.165) is 5.39 Å². The number of para-hydroxylation sites is 2. The zero-order valence-electron chi connectivity index (χ0n) is 14.6. The lowest BCUT2D eigenvalue weighted by atomic mass is 10.0. The summed E-state index contributed by atoms with van der Waals surface area (Å²) in [5, 5.41) is 11.6. The summed E-state index contributed by atoms with van der Waals surface area (Å²) in [4.78, 5) is 0.0299. The number of hydrogen-bond donors (Lipinski definition) is 2. The SMILES string of the molecule is CCOc1ccccc1S(=O)(=O)NCC(C)(O)c1cc2ccccc2o1. The predicted octanol–water partition coefficient (Wildman–Crippen LogP) is 3.02. The molecule has 3 aromatic rings. The van der Waals surface area contributed by atoms with Gasteiger partial charge < -0.3 is 14.3 Å². The van der Waals surface area contributed by atoms with Gasteiger partial charge in [-0.05, 0) is 38.1 Å². The van der Waals surface area contributed by atoms with Gasteiger partial charge >= 0.3 is 0 Å². The molecule has 0 spiro atoms. The third kappa shape index (κ3) is 3.75. The van der Waals surface area contributed by atoms with Crippen molar-refractivity contribution in [3.8, 4) is 5.75 Å². The van der Waals surface area contributed by atoms with E-state index >= 15 is 0 Å². The number of fused-ring (bicyclic) bond motifs is 1. The monoisotopic (exact) mass is 375 g/mol. The molecular weight excluding hydrogens is 354 g/mol. The van der Waals surface area contributed by atoms with E-state index < -0.39 is 15.6 Å². The summed E-state index contributed by atoms with van der Waals surface area (Å²) in [6, 6.07) is 15.4. The maximum Gasteiger partial charge on any atom is 0.244 e. The molecule has 26 heavy (non-hydrogen) atoms. The zero-order valence-corrected chi connectivity index (χ0v) is 15.4. The molecule has 2 aromatic carbocycles. The van der Waals surface area contributed by atoms with Crippen LogP contribution >= 0.6 is 0 Å². The van der Waals surface area contributed by atoms with E-state index in [1.54, 1.807) is 37.3 Å². The van der Waals surface area contributed by atoms with Crippen LogP contribution in [-0.2, 0) is 15.6 Å². The summed E-state index contributed by atoms with van der Waals surface area (Å²) in [6.45, 7) is 3.39. The Labute approximate surface area is 152 Å². The minimum absolute atomic E-state index is 0.0299. The van der Waals surface area contributed by atoms with Gasteiger partial charge in [-0.1, -0.05) is 30.3 Å². The molecule has 0 saturated carbocycles. The van der Waals surface area contributed by atoms with Crippen LogP contribution in [0.25, 0.3) is 11.0 Å². The Hall–Kier alpha value is -2.35. The van der Waals surface area contributed by atoms with E-state index in [1.165, 1.54) is 13.0 Å². The largest absolute Gasteiger partial charge is 0.492 e. The summed E-state index contributed by atoms with van der Waals surface area (Å²) >= 11 is 0. The van der Waals surface area contributed by atoms with Crippen molar-refractivity contribution in [2.24, 2.45) is 0 Å². The van der Waals surface area contributed by atoms with E-state index in [2.05, 4.69) is 4.72 Å². The topological polar surface area (TPSA) is 88.8 Å². The summed E-state index contributed by atoms with van der Waals surface area (Å²) in [7, 11) is -3.86. The molecule has 0 bridgehead atoms. The van der Waals surface area contributed by atoms with Crippen molar-refractivity contribution in [3.05, 3.63) is 60.4 Å². The average molecular weight is 375 g/mol. The number of rotatable bonds is 7. The van der Waals surface area contributed by atoms with Gasteiger partial charge in [-0.15, -0.1) is 0 Å². The zero-order chi connectivity index (χ0) is 18.8. The lowest BCUT2D eigenvalue weighted by molar-refractivity contribution is 0.0411. The van der Waals surface area contributed by atoms with Gasteiger partial charge in [0.05, 0.1) is 6.61 Å². The van der Waals surface area contributed by atoms with E-state index in [1.807, 2.05) is 18.2 Å². The minimum Gasteiger partial charge on any atom is -0.492 e. The minimum atomic E-state index is -3.86. The number of benzene rings is 2. The first-order chi connectivity index (χ1) is 12.3. The van der Waals surface area contributed by atoms with Gasteiger partial charge in [-0.25, -0.2) is 13.1 Å². The van der Waals surface area contributed by atoms with Crippen molar-refractivity contribution in [1.29, 1.82) is 0 Å². The molecule has 1 unspecified atom stereocenters. The van der Waals surface area contributed by atoms with Crippen LogP contribution in [0.5, 0.6) is 5.75 Å². The molecule has 1 heterocycles. The van der Waals surface area contributed by atoms with E-state index in [4.69, 9.17) is 9.15 Å². The molecule has 0 aliphatic carbocycles. The number of aliphatic hydroxyl groups is 1. The first kappa shape index (κ1) is 18.4. The van der Waals surface area contributed by atoms with Crippen LogP contribution in [-0.4, -0.2) is 26.7 Å². The second-order valence-corrected chi connectivity index (χ2v) is 7.86. The van der Waals surface area contributed by atoms with Gasteiger partial charge in [0.15, 0.2) is 0 Å². The second kappa shape index (κ2) is 7.11. The molecule has 0 saturated heterocycles. The molecule has 0 radical (unpaired) electrons. The van der Waals surface area contributed by atoms with Crippen molar-refractivity contribution in [2.45, 2.75) is 24.3 Å². The van der Waals surface area contributed by atoms with Crippen LogP contribution in [0.4, 0.5) is 0 Å². The van der Waals surface area contributed by atoms with E-state index in [-0.39, 0.29) is 17.2 Å². The van der Waals surface area contributed by atoms with Crippen LogP contribution in [0.3, 0.4) is 0 Å². The van der Waals surface area contributed by atoms with Crippen LogP contribution in [0.1, 0.15) is 19.6 Å². The molecular formula is C19H21NO5S. The molecule has 2 N–H and O–H groups in total. The van der Waals surface area contributed by atoms with Crippen LogP contribution in [0.2, 0.25) is 0 Å². The number of nitrogens with one attached hydrogen (secondary N) is 1. The summed E-state index contributed by atoms with van der Waals surface area (Å²) in [5.74, 6) is 0.561. The fourth-order valence-corrected chi connectivity index (χ4v) is 3.87. The van der Waals surface area contributed by atoms with Gasteiger partial charge in [0.25, 0.3) is 0 Å². The smallest absolute Gasteiger partial charge is 0.244 e. The Morgan fingerprint density at radius 1 is 1.15 bits per heavy atom. The lowest BCUT2D eigenvalue weighted by Gasteiger charge is -2.21. The fourth-order valence-electron chi connectivity index (χ4n) is 2.59. The molecule has 0 aliphatic heterocycles. The van der Waals surface area contributed by atoms with Crippen LogP contribution in [0, 0.1) is 0 Å². The number of ether oxygens (including phenoxy) is 1. The van der Waals surface area contributed by atoms with Crippen molar-refractivity contribution in [2.75, 3.05) is 13.2 Å². The molecule has 6 nitrogen and oxygen atoms in total. The first-order valence-corrected chi connectivity index (χ1v) is 9.75. The third-order valence-corrected chi connectivity index (χ3v) is 5.44. The van der Waals surface area contributed by atoms with Gasteiger partial charge in [-0.2, -0.15) is 0 Å². The highest BCUT2D eigenvalue weighted by Gasteiger charge is 2.30. The summed E-state index contributed by atoms with van der Waals surface area (Å²) in [6.07, 6.45) is 0. The van der Waals surface area contributed by atoms with Crippen LogP contribution in [0.15, 0.2) is 63.9 Å². The molecule has 0 amide bonds. The van der Waals surface area contributed by atoms with Crippen molar-refractivity contribution < 1.29 is 22.7 Å². The Morgan fingerprint density at radius 2 is 1.85 bits per heavy atom. The standard InChI is InChI=1S/C19H21NO5S/c1-3-24-16-10-6-7-11-17(16)26(22,23)20-13-19(2,21)18-12-14-8-4-5-9-15(14)25-18/h4-12,20-21H,3,13H2,1-2H3. The normalized spacial score (nSPS) is 14.3. The summed E-state index contributed by atoms with van der Waals surface area (Å²) in [5.41, 5.74) is -0.876. The number of furan rings is 1. The molecule has 1 aromatic heterocycles. The Balaban J connectivity index is 1.82. The van der Waals surface area contributed by atoms with Crippen LogP contribution < -0.4 is 9.46 Å². The number of sulfonamides is 1. The lowest BCUT2D eigenvalue weighted by Crippen LogP contribution is -2.38. The molecule has 0 aliphatic rings. The van der Waals surface area contributed by atoms with Crippen molar-refractivity contribution in [3.63, 3.8) is 0 Å². The fraction of sp³-hybridized carbons (Fsp3) is 0.263. The molecule has 7 heteroatoms. The summed E-state index contributed by atoms with van der Waals surface area (Å²) < 4.78 is 38.8. The predicted molar refractivity (Wildman–Crippen MR) is 98.6 cm³/mol. The molecule has 0 fully saturated rings. The quantitative estimate of drug-likeness (QED) is 0.663. The molecule has 3 rings (SSSR count). The van der Waals surface area contributed by atoms with E-state index in [9.17, 15) is 13.5 Å². The molecule has 1 atom stereocenters. The van der Waals surface area contributed by atoms with Gasteiger partial charge in [-0.3, -0.25) is 0 Å². The van der Waals surface area contributed by atoms with E-state index in [0.29, 0.717) is 18.0 Å². The Morgan fingerprint density at radius 3 is 2.58 bits per heavy atom. The highest BCUT2D eigenvalue weighted by atomic mass is 32.2. The highest BCUT2D eigenvalue weighted by Crippen LogP contribution is 2.28. The first-order valence-electron chi connectivity index (χ1n) is 8.26. The van der Waals surface area contributed by atoms with Crippen molar-refractivity contribution in [1.82, 2.24) is 4.72 Å². The maximum absolute atomic E-state index is 12.6. The number of hydrogen-bond acceptors (Lipinski definition) is 5. The van der Waals surface area contributed by atoms with Gasteiger partial charge in [0.2, 0.25) is 10.0 Å². The third-order valence-electron chi connectivity index (χ3n) is 4.00. The highest BCUT2D eigenvalue weighted by molar-refractivity contribution is 7.89. The van der Waals surface area contributed by atoms with Gasteiger partial charge in [0, 0.05) is 11.9 Å². The Bertz CT molecular complexity index is 974. The van der Waals surface area contributed by atoms with Gasteiger partial charge in [0.1, 0.15) is 27.6 Å². The van der Waals surface area contributed by atoms with Crippen molar-refractivity contribution >= 4 is 21.0 Å². The molecule has 138 valence electrons.